The summed E-state index contributed by atoms with van der Waals surface area (Å²) in [7, 11) is -3.74. The summed E-state index contributed by atoms with van der Waals surface area (Å²) < 4.78 is 28.1. The molecule has 0 aromatic heterocycles. The zero-order valence-electron chi connectivity index (χ0n) is 26.6. The lowest BCUT2D eigenvalue weighted by Crippen LogP contribution is -2.55. The maximum Gasteiger partial charge on any atom is 0.255 e. The summed E-state index contributed by atoms with van der Waals surface area (Å²) in [6.07, 6.45) is 0.432. The molecule has 0 spiro atoms. The van der Waals surface area contributed by atoms with Crippen LogP contribution in [0.25, 0.3) is 0 Å². The van der Waals surface area contributed by atoms with Gasteiger partial charge in [0.25, 0.3) is 5.91 Å². The average Bonchev–Trinajstić information content (AvgIpc) is 3.31. The molecule has 0 bridgehead atoms. The Morgan fingerprint density at radius 3 is 2.60 bits per heavy atom. The molecule has 1 unspecified atom stereocenters. The molecule has 2 aromatic carbocycles. The molecule has 0 aliphatic carbocycles. The number of carbonyl (C=O) groups is 5. The van der Waals surface area contributed by atoms with E-state index in [0.29, 0.717) is 34.6 Å². The van der Waals surface area contributed by atoms with Crippen LogP contribution in [0, 0.1) is 5.92 Å². The van der Waals surface area contributed by atoms with E-state index in [9.17, 15) is 32.4 Å². The van der Waals surface area contributed by atoms with E-state index < -0.39 is 27.9 Å². The van der Waals surface area contributed by atoms with Gasteiger partial charge in [-0.1, -0.05) is 18.2 Å². The van der Waals surface area contributed by atoms with Crippen molar-refractivity contribution in [1.29, 1.82) is 0 Å². The van der Waals surface area contributed by atoms with Gasteiger partial charge in [-0.2, -0.15) is 4.31 Å². The van der Waals surface area contributed by atoms with Gasteiger partial charge >= 0.3 is 0 Å². The van der Waals surface area contributed by atoms with E-state index in [1.165, 1.54) is 4.90 Å². The van der Waals surface area contributed by atoms with Gasteiger partial charge in [-0.05, 0) is 62.2 Å². The Labute approximate surface area is 276 Å². The number of sulfonamides is 1. The predicted octanol–water partition coefficient (Wildman–Crippen LogP) is 0.886. The lowest BCUT2D eigenvalue weighted by molar-refractivity contribution is -0.140. The van der Waals surface area contributed by atoms with Crippen molar-refractivity contribution < 1.29 is 32.4 Å². The fourth-order valence-corrected chi connectivity index (χ4v) is 11.2. The molecule has 13 nitrogen and oxygen atoms in total. The maximum atomic E-state index is 13.3. The van der Waals surface area contributed by atoms with Crippen LogP contribution in [0.3, 0.4) is 0 Å². The zero-order chi connectivity index (χ0) is 33.5. The molecule has 4 aliphatic rings. The molecule has 6 rings (SSSR count). The van der Waals surface area contributed by atoms with Crippen molar-refractivity contribution in [3.05, 3.63) is 59.2 Å². The highest BCUT2D eigenvalue weighted by Crippen LogP contribution is 2.33. The number of rotatable bonds is 9. The number of hydrogen-bond donors (Lipinski definition) is 3. The molecular weight excluding hydrogens is 641 g/mol. The minimum absolute atomic E-state index is 0.0378. The van der Waals surface area contributed by atoms with Crippen LogP contribution in [0.4, 0.5) is 11.4 Å². The first-order valence-corrected chi connectivity index (χ1v) is 19.6. The number of benzene rings is 2. The molecule has 4 aliphatic heterocycles. The highest BCUT2D eigenvalue weighted by atomic mass is 32.2. The monoisotopic (exact) mass is 680 g/mol. The third-order valence-electron chi connectivity index (χ3n) is 9.57. The van der Waals surface area contributed by atoms with Gasteiger partial charge in [-0.15, -0.1) is 0 Å². The molecule has 3 fully saturated rings. The van der Waals surface area contributed by atoms with E-state index in [0.717, 1.165) is 12.1 Å². The molecule has 15 heteroatoms. The number of imide groups is 1. The molecule has 4 heterocycles. The molecule has 3 N–H and O–H groups in total. The Kier molecular flexibility index (Phi) is 8.98. The van der Waals surface area contributed by atoms with Gasteiger partial charge in [0.05, 0.1) is 18.2 Å². The smallest absolute Gasteiger partial charge is 0.255 e. The first-order chi connectivity index (χ1) is 22.3. The minimum Gasteiger partial charge on any atom is -0.376 e. The van der Waals surface area contributed by atoms with E-state index in [4.69, 9.17) is 0 Å². The van der Waals surface area contributed by atoms with Gasteiger partial charge in [0.15, 0.2) is 0 Å². The summed E-state index contributed by atoms with van der Waals surface area (Å²) in [5.74, 6) is -2.09. The molecule has 1 atom stereocenters. The van der Waals surface area contributed by atoms with Crippen molar-refractivity contribution in [3.63, 3.8) is 0 Å². The highest BCUT2D eigenvalue weighted by molar-refractivity contribution is 7.88. The minimum atomic E-state index is -3.51. The SMILES string of the molecule is CC1(C)C[SiH2]CCN1S(=O)(=O)Cc1cccc(NC(=O)C2CN(C(=O)CNc3cccc4c3CN(C3CCC(=O)NC3=O)C4=O)C2)c1. The van der Waals surface area contributed by atoms with Crippen molar-refractivity contribution >= 4 is 60.5 Å². The molecular formula is C32H40N6O7SSi. The molecule has 3 saturated heterocycles. The van der Waals surface area contributed by atoms with Crippen molar-refractivity contribution in [2.24, 2.45) is 5.92 Å². The van der Waals surface area contributed by atoms with Crippen molar-refractivity contribution in [2.45, 2.75) is 62.7 Å². The Morgan fingerprint density at radius 2 is 1.85 bits per heavy atom. The molecule has 47 heavy (non-hydrogen) atoms. The molecule has 2 aromatic rings. The van der Waals surface area contributed by atoms with Gasteiger partial charge in [0.1, 0.15) is 6.04 Å². The van der Waals surface area contributed by atoms with Crippen molar-refractivity contribution in [3.8, 4) is 0 Å². The standard InChI is InChI=1S/C32H40N6O7SSi/c1-32(2)19-47-12-11-38(32)46(44,45)18-20-5-3-6-22(13-20)34-29(41)21-15-36(16-21)28(40)14-33-25-8-4-7-23-24(25)17-37(31(23)43)26-9-10-27(39)35-30(26)42/h3-8,13,21,26,33H,9-12,14-19,47H2,1-2H3,(H,34,41)(H,35,39,42). The number of amides is 5. The third-order valence-corrected chi connectivity index (χ3v) is 14.0. The number of likely N-dealkylation sites (tertiary alicyclic amines) is 1. The Balaban J connectivity index is 0.994. The van der Waals surface area contributed by atoms with Crippen molar-refractivity contribution in [2.75, 3.05) is 36.8 Å². The summed E-state index contributed by atoms with van der Waals surface area (Å²) in [5.41, 5.74) is 2.50. The van der Waals surface area contributed by atoms with Crippen LogP contribution in [0.1, 0.15) is 48.2 Å². The summed E-state index contributed by atoms with van der Waals surface area (Å²) in [6, 6.07) is 13.3. The lowest BCUT2D eigenvalue weighted by Gasteiger charge is -2.41. The second-order valence-corrected chi connectivity index (χ2v) is 17.2. The fraction of sp³-hybridized carbons (Fsp3) is 0.469. The van der Waals surface area contributed by atoms with Crippen molar-refractivity contribution in [1.82, 2.24) is 19.4 Å². The lowest BCUT2D eigenvalue weighted by atomic mass is 9.98. The van der Waals surface area contributed by atoms with Crippen LogP contribution in [0.15, 0.2) is 42.5 Å². The first kappa shape index (κ1) is 32.8. The average molecular weight is 681 g/mol. The second kappa shape index (κ2) is 12.8. The number of fused-ring (bicyclic) bond motifs is 1. The Hall–Kier alpha value is -4.08. The first-order valence-electron chi connectivity index (χ1n) is 16.0. The zero-order valence-corrected chi connectivity index (χ0v) is 28.8. The van der Waals surface area contributed by atoms with Gasteiger partial charge in [-0.3, -0.25) is 29.3 Å². The van der Waals surface area contributed by atoms with E-state index in [1.54, 1.807) is 51.7 Å². The van der Waals surface area contributed by atoms with Gasteiger partial charge in [-0.25, -0.2) is 8.42 Å². The number of anilines is 2. The number of nitrogens with zero attached hydrogens (tertiary/aromatic N) is 3. The molecule has 5 amide bonds. The van der Waals surface area contributed by atoms with E-state index in [2.05, 4.69) is 16.0 Å². The van der Waals surface area contributed by atoms with E-state index in [-0.39, 0.29) is 83.5 Å². The van der Waals surface area contributed by atoms with Crippen LogP contribution in [0.2, 0.25) is 12.1 Å². The summed E-state index contributed by atoms with van der Waals surface area (Å²) >= 11 is 0. The molecule has 0 saturated carbocycles. The molecule has 250 valence electrons. The quantitative estimate of drug-likeness (QED) is 0.260. The van der Waals surface area contributed by atoms with Crippen LogP contribution >= 0.6 is 0 Å². The molecule has 0 radical (unpaired) electrons. The van der Waals surface area contributed by atoms with E-state index in [1.807, 2.05) is 13.8 Å². The number of piperidine rings is 1. The summed E-state index contributed by atoms with van der Waals surface area (Å²) in [6.45, 7) is 5.21. The fourth-order valence-electron chi connectivity index (χ4n) is 6.91. The maximum absolute atomic E-state index is 13.3. The number of hydrogen-bond acceptors (Lipinski definition) is 8. The van der Waals surface area contributed by atoms with Crippen LogP contribution in [-0.2, 0) is 41.5 Å². The Bertz CT molecular complexity index is 1740. The Morgan fingerprint density at radius 1 is 1.09 bits per heavy atom. The number of carbonyl (C=O) groups excluding carboxylic acids is 5. The largest absolute Gasteiger partial charge is 0.376 e. The normalized spacial score (nSPS) is 22.1. The van der Waals surface area contributed by atoms with Gasteiger partial charge < -0.3 is 20.4 Å². The topological polar surface area (TPSA) is 165 Å². The number of nitrogens with one attached hydrogen (secondary N) is 3. The summed E-state index contributed by atoms with van der Waals surface area (Å²) in [5, 5.41) is 8.28. The van der Waals surface area contributed by atoms with Crippen LogP contribution < -0.4 is 16.0 Å². The van der Waals surface area contributed by atoms with Crippen LogP contribution in [-0.4, -0.2) is 99.3 Å². The third kappa shape index (κ3) is 6.83. The summed E-state index contributed by atoms with van der Waals surface area (Å²) in [4.78, 5) is 65.9. The van der Waals surface area contributed by atoms with Crippen LogP contribution in [0.5, 0.6) is 0 Å². The van der Waals surface area contributed by atoms with Gasteiger partial charge in [0.2, 0.25) is 33.7 Å². The van der Waals surface area contributed by atoms with E-state index >= 15 is 0 Å². The second-order valence-electron chi connectivity index (χ2n) is 13.4. The highest BCUT2D eigenvalue weighted by Gasteiger charge is 2.41. The van der Waals surface area contributed by atoms with Gasteiger partial charge in [0, 0.05) is 70.2 Å². The predicted molar refractivity (Wildman–Crippen MR) is 178 cm³/mol.